The van der Waals surface area contributed by atoms with Gasteiger partial charge in [0.2, 0.25) is 12.0 Å². The zero-order valence-corrected chi connectivity index (χ0v) is 15.4. The van der Waals surface area contributed by atoms with Crippen molar-refractivity contribution in [2.75, 3.05) is 13.7 Å². The van der Waals surface area contributed by atoms with Crippen LogP contribution in [0, 0.1) is 5.82 Å². The van der Waals surface area contributed by atoms with E-state index in [1.165, 1.54) is 18.1 Å². The second-order valence-corrected chi connectivity index (χ2v) is 6.52. The van der Waals surface area contributed by atoms with Crippen LogP contribution in [0.4, 0.5) is 17.6 Å². The fraction of sp³-hybridized carbons (Fsp3) is 0.300. The molecule has 0 bridgehead atoms. The molecule has 0 aliphatic carbocycles. The molecule has 1 heterocycles. The van der Waals surface area contributed by atoms with E-state index in [-0.39, 0.29) is 24.5 Å². The molecule has 9 heteroatoms. The van der Waals surface area contributed by atoms with Gasteiger partial charge in [0.15, 0.2) is 0 Å². The Morgan fingerprint density at radius 1 is 1.24 bits per heavy atom. The maximum Gasteiger partial charge on any atom is 0.419 e. The van der Waals surface area contributed by atoms with Crippen molar-refractivity contribution in [2.45, 2.75) is 25.1 Å². The van der Waals surface area contributed by atoms with Gasteiger partial charge in [0, 0.05) is 13.7 Å². The lowest BCUT2D eigenvalue weighted by Gasteiger charge is -2.34. The SMILES string of the molecule is COC(C1=NC(O)C(=O)CN1Cc1ccc(F)c(C(F)(F)F)c1)c1ccccc1. The van der Waals surface area contributed by atoms with E-state index in [0.717, 1.165) is 6.07 Å². The Morgan fingerprint density at radius 2 is 1.93 bits per heavy atom. The van der Waals surface area contributed by atoms with Crippen LogP contribution in [-0.4, -0.2) is 41.5 Å². The number of hydrogen-bond acceptors (Lipinski definition) is 5. The number of rotatable bonds is 5. The summed E-state index contributed by atoms with van der Waals surface area (Å²) in [6, 6.07) is 11.5. The predicted octanol–water partition coefficient (Wildman–Crippen LogP) is 3.33. The van der Waals surface area contributed by atoms with Gasteiger partial charge in [0.1, 0.15) is 17.8 Å². The van der Waals surface area contributed by atoms with Crippen molar-refractivity contribution in [1.29, 1.82) is 0 Å². The minimum absolute atomic E-state index is 0.138. The fourth-order valence-electron chi connectivity index (χ4n) is 3.13. The van der Waals surface area contributed by atoms with Gasteiger partial charge in [-0.25, -0.2) is 9.38 Å². The highest BCUT2D eigenvalue weighted by Crippen LogP contribution is 2.32. The summed E-state index contributed by atoms with van der Waals surface area (Å²) >= 11 is 0. The van der Waals surface area contributed by atoms with E-state index < -0.39 is 35.7 Å². The molecule has 29 heavy (non-hydrogen) atoms. The molecule has 0 aromatic heterocycles. The summed E-state index contributed by atoms with van der Waals surface area (Å²) in [5, 5.41) is 9.89. The summed E-state index contributed by atoms with van der Waals surface area (Å²) in [4.78, 5) is 17.4. The van der Waals surface area contributed by atoms with Crippen LogP contribution in [0.3, 0.4) is 0 Å². The minimum atomic E-state index is -4.84. The van der Waals surface area contributed by atoms with Gasteiger partial charge in [-0.1, -0.05) is 36.4 Å². The Hall–Kier alpha value is -2.78. The van der Waals surface area contributed by atoms with Gasteiger partial charge >= 0.3 is 6.18 Å². The first-order chi connectivity index (χ1) is 13.7. The highest BCUT2D eigenvalue weighted by atomic mass is 19.4. The molecule has 0 fully saturated rings. The van der Waals surface area contributed by atoms with Crippen molar-refractivity contribution >= 4 is 11.6 Å². The molecule has 0 radical (unpaired) electrons. The smallest absolute Gasteiger partial charge is 0.369 e. The number of benzene rings is 2. The number of hydrogen-bond donors (Lipinski definition) is 1. The maximum absolute atomic E-state index is 13.6. The number of ketones is 1. The molecule has 3 rings (SSSR count). The Kier molecular flexibility index (Phi) is 5.99. The van der Waals surface area contributed by atoms with Crippen LogP contribution >= 0.6 is 0 Å². The van der Waals surface area contributed by atoms with Crippen molar-refractivity contribution in [3.63, 3.8) is 0 Å². The Balaban J connectivity index is 1.96. The topological polar surface area (TPSA) is 62.1 Å². The summed E-state index contributed by atoms with van der Waals surface area (Å²) in [5.74, 6) is -1.78. The number of nitrogens with zero attached hydrogens (tertiary/aromatic N) is 2. The average Bonchev–Trinajstić information content (AvgIpc) is 2.67. The first-order valence-electron chi connectivity index (χ1n) is 8.67. The molecule has 0 saturated carbocycles. The molecule has 0 saturated heterocycles. The number of aliphatic hydroxyl groups is 1. The first kappa shape index (κ1) is 20.9. The molecule has 2 atom stereocenters. The largest absolute Gasteiger partial charge is 0.419 e. The van der Waals surface area contributed by atoms with E-state index in [0.29, 0.717) is 11.6 Å². The maximum atomic E-state index is 13.6. The number of carbonyl (C=O) groups is 1. The average molecular weight is 410 g/mol. The summed E-state index contributed by atoms with van der Waals surface area (Å²) in [5.41, 5.74) is -0.558. The Bertz CT molecular complexity index is 916. The van der Waals surface area contributed by atoms with Crippen molar-refractivity contribution < 1.29 is 32.2 Å². The molecule has 1 aliphatic rings. The molecule has 5 nitrogen and oxygen atoms in total. The number of carbonyl (C=O) groups excluding carboxylic acids is 1. The molecule has 2 aromatic rings. The highest BCUT2D eigenvalue weighted by Gasteiger charge is 2.36. The third kappa shape index (κ3) is 4.63. The summed E-state index contributed by atoms with van der Waals surface area (Å²) < 4.78 is 58.1. The highest BCUT2D eigenvalue weighted by molar-refractivity contribution is 5.98. The molecule has 2 unspecified atom stereocenters. The van der Waals surface area contributed by atoms with Gasteiger partial charge < -0.3 is 14.7 Å². The molecular formula is C20H18F4N2O3. The van der Waals surface area contributed by atoms with Crippen LogP contribution in [0.25, 0.3) is 0 Å². The Labute approximate surface area is 164 Å². The molecule has 2 aromatic carbocycles. The number of methoxy groups -OCH3 is 1. The van der Waals surface area contributed by atoms with Gasteiger partial charge in [0.05, 0.1) is 12.1 Å². The van der Waals surface area contributed by atoms with E-state index in [4.69, 9.17) is 4.74 Å². The number of aliphatic hydroxyl groups excluding tert-OH is 1. The zero-order valence-electron chi connectivity index (χ0n) is 15.4. The standard InChI is InChI=1S/C20H18F4N2O3/c1-29-17(13-5-3-2-4-6-13)18-25-19(28)16(27)11-26(18)10-12-7-8-15(21)14(9-12)20(22,23)24/h2-9,17,19,28H,10-11H2,1H3. The number of Topliss-reactive ketones (excluding diaryl/α,β-unsaturated/α-hetero) is 1. The molecular weight excluding hydrogens is 392 g/mol. The fourth-order valence-corrected chi connectivity index (χ4v) is 3.13. The van der Waals surface area contributed by atoms with Crippen molar-refractivity contribution in [2.24, 2.45) is 4.99 Å². The van der Waals surface area contributed by atoms with Crippen molar-refractivity contribution in [3.8, 4) is 0 Å². The molecule has 1 N–H and O–H groups in total. The van der Waals surface area contributed by atoms with Gasteiger partial charge in [0.25, 0.3) is 0 Å². The lowest BCUT2D eigenvalue weighted by molar-refractivity contribution is -0.140. The summed E-state index contributed by atoms with van der Waals surface area (Å²) in [7, 11) is 1.42. The van der Waals surface area contributed by atoms with Gasteiger partial charge in [-0.05, 0) is 23.3 Å². The number of ether oxygens (including phenoxy) is 1. The van der Waals surface area contributed by atoms with E-state index in [2.05, 4.69) is 4.99 Å². The molecule has 0 spiro atoms. The van der Waals surface area contributed by atoms with Crippen LogP contribution in [0.2, 0.25) is 0 Å². The quantitative estimate of drug-likeness (QED) is 0.769. The lowest BCUT2D eigenvalue weighted by Crippen LogP contribution is -2.47. The van der Waals surface area contributed by atoms with E-state index in [1.807, 2.05) is 0 Å². The second kappa shape index (κ2) is 8.30. The van der Waals surface area contributed by atoms with Gasteiger partial charge in [-0.15, -0.1) is 0 Å². The number of aliphatic imine (C=N–C) groups is 1. The van der Waals surface area contributed by atoms with Crippen LogP contribution in [0.1, 0.15) is 22.8 Å². The summed E-state index contributed by atoms with van der Waals surface area (Å²) in [6.07, 6.45) is -7.17. The van der Waals surface area contributed by atoms with Crippen LogP contribution in [0.5, 0.6) is 0 Å². The van der Waals surface area contributed by atoms with Crippen LogP contribution < -0.4 is 0 Å². The normalized spacial score (nSPS) is 18.6. The number of alkyl halides is 3. The van der Waals surface area contributed by atoms with Crippen molar-refractivity contribution in [3.05, 3.63) is 71.0 Å². The van der Waals surface area contributed by atoms with Gasteiger partial charge in [-0.3, -0.25) is 4.79 Å². The van der Waals surface area contributed by atoms with Crippen molar-refractivity contribution in [1.82, 2.24) is 4.90 Å². The van der Waals surface area contributed by atoms with Gasteiger partial charge in [-0.2, -0.15) is 13.2 Å². The van der Waals surface area contributed by atoms with E-state index in [1.54, 1.807) is 30.3 Å². The van der Waals surface area contributed by atoms with E-state index in [9.17, 15) is 27.5 Å². The predicted molar refractivity (Wildman–Crippen MR) is 96.5 cm³/mol. The number of halogens is 4. The van der Waals surface area contributed by atoms with Crippen LogP contribution in [-0.2, 0) is 22.3 Å². The number of amidine groups is 1. The third-order valence-electron chi connectivity index (χ3n) is 4.50. The lowest BCUT2D eigenvalue weighted by atomic mass is 10.0. The monoisotopic (exact) mass is 410 g/mol. The van der Waals surface area contributed by atoms with Crippen LogP contribution in [0.15, 0.2) is 53.5 Å². The first-order valence-corrected chi connectivity index (χ1v) is 8.67. The minimum Gasteiger partial charge on any atom is -0.369 e. The molecule has 1 aliphatic heterocycles. The molecule has 154 valence electrons. The molecule has 0 amide bonds. The zero-order chi connectivity index (χ0) is 21.2. The Morgan fingerprint density at radius 3 is 2.55 bits per heavy atom. The third-order valence-corrected chi connectivity index (χ3v) is 4.50. The second-order valence-electron chi connectivity index (χ2n) is 6.52. The van der Waals surface area contributed by atoms with E-state index >= 15 is 0 Å². The summed E-state index contributed by atoms with van der Waals surface area (Å²) in [6.45, 7) is -0.418.